The number of hydrogen-bond donors (Lipinski definition) is 0. The molecule has 2 heterocycles. The van der Waals surface area contributed by atoms with Crippen molar-refractivity contribution in [3.63, 3.8) is 0 Å². The van der Waals surface area contributed by atoms with Gasteiger partial charge in [0.05, 0.1) is 28.3 Å². The van der Waals surface area contributed by atoms with Crippen molar-refractivity contribution in [2.24, 2.45) is 0 Å². The maximum absolute atomic E-state index is 12.7. The maximum Gasteiger partial charge on any atom is 0.257 e. The molecule has 0 aliphatic carbocycles. The van der Waals surface area contributed by atoms with Gasteiger partial charge in [-0.3, -0.25) is 4.79 Å². The molecular weight excluding hydrogens is 330 g/mol. The largest absolute Gasteiger partial charge is 0.334 e. The summed E-state index contributed by atoms with van der Waals surface area (Å²) < 4.78 is 2.45. The van der Waals surface area contributed by atoms with Gasteiger partial charge < -0.3 is 4.90 Å². The highest BCUT2D eigenvalue weighted by atomic mass is 35.5. The van der Waals surface area contributed by atoms with E-state index in [1.807, 2.05) is 49.4 Å². The summed E-state index contributed by atoms with van der Waals surface area (Å²) in [6, 6.07) is 13.5. The van der Waals surface area contributed by atoms with Gasteiger partial charge in [-0.25, -0.2) is 4.68 Å². The van der Waals surface area contributed by atoms with Gasteiger partial charge in [0.25, 0.3) is 5.91 Å². The van der Waals surface area contributed by atoms with Crippen LogP contribution in [0.3, 0.4) is 0 Å². The minimum atomic E-state index is -0.0285. The highest BCUT2D eigenvalue weighted by Crippen LogP contribution is 2.23. The van der Waals surface area contributed by atoms with Crippen molar-refractivity contribution in [3.8, 4) is 5.69 Å². The van der Waals surface area contributed by atoms with Crippen molar-refractivity contribution in [1.29, 1.82) is 0 Å². The smallest absolute Gasteiger partial charge is 0.257 e. The van der Waals surface area contributed by atoms with Gasteiger partial charge in [-0.1, -0.05) is 29.8 Å². The Kier molecular flexibility index (Phi) is 4.79. The number of hydrogen-bond acceptors (Lipinski definition) is 3. The van der Waals surface area contributed by atoms with Crippen molar-refractivity contribution < 1.29 is 4.79 Å². The Labute approximate surface area is 143 Å². The normalized spacial score (nSPS) is 10.7. The first-order valence-corrected chi connectivity index (χ1v) is 8.50. The highest BCUT2D eigenvalue weighted by molar-refractivity contribution is 7.16. The molecule has 0 radical (unpaired) electrons. The Bertz CT molecular complexity index is 797. The molecule has 0 fully saturated rings. The highest BCUT2D eigenvalue weighted by Gasteiger charge is 2.17. The Morgan fingerprint density at radius 1 is 1.26 bits per heavy atom. The van der Waals surface area contributed by atoms with E-state index < -0.39 is 0 Å². The summed E-state index contributed by atoms with van der Waals surface area (Å²) in [4.78, 5) is 15.5. The summed E-state index contributed by atoms with van der Waals surface area (Å²) in [6.45, 7) is 3.16. The standard InChI is InChI=1S/C17H16ClN3OS/c1-2-20(12-15-8-9-16(18)23-15)17(22)13-10-19-21(11-13)14-6-4-3-5-7-14/h3-11H,2,12H2,1H3. The van der Waals surface area contributed by atoms with Gasteiger partial charge in [-0.15, -0.1) is 11.3 Å². The average molecular weight is 346 g/mol. The van der Waals surface area contributed by atoms with Crippen LogP contribution in [0.15, 0.2) is 54.9 Å². The number of nitrogens with zero attached hydrogens (tertiary/aromatic N) is 3. The zero-order valence-corrected chi connectivity index (χ0v) is 14.2. The quantitative estimate of drug-likeness (QED) is 0.693. The van der Waals surface area contributed by atoms with E-state index in [2.05, 4.69) is 5.10 Å². The molecule has 0 saturated heterocycles. The molecule has 23 heavy (non-hydrogen) atoms. The maximum atomic E-state index is 12.7. The number of benzene rings is 1. The van der Waals surface area contributed by atoms with Crippen LogP contribution in [0.2, 0.25) is 4.34 Å². The molecule has 118 valence electrons. The van der Waals surface area contributed by atoms with Crippen LogP contribution in [0, 0.1) is 0 Å². The van der Waals surface area contributed by atoms with Crippen molar-refractivity contribution in [1.82, 2.24) is 14.7 Å². The number of halogens is 1. The second-order valence-corrected chi connectivity index (χ2v) is 6.83. The molecule has 3 rings (SSSR count). The van der Waals surface area contributed by atoms with Crippen LogP contribution in [0.5, 0.6) is 0 Å². The third kappa shape index (κ3) is 3.63. The van der Waals surface area contributed by atoms with E-state index in [0.29, 0.717) is 18.7 Å². The molecule has 1 aromatic carbocycles. The number of amides is 1. The van der Waals surface area contributed by atoms with E-state index in [-0.39, 0.29) is 5.91 Å². The fraction of sp³-hybridized carbons (Fsp3) is 0.176. The Hall–Kier alpha value is -2.11. The van der Waals surface area contributed by atoms with Crippen LogP contribution in [0.25, 0.3) is 5.69 Å². The first-order chi connectivity index (χ1) is 11.2. The number of carbonyl (C=O) groups excluding carboxylic acids is 1. The number of para-hydroxylation sites is 1. The van der Waals surface area contributed by atoms with Gasteiger partial charge in [0.2, 0.25) is 0 Å². The molecule has 0 aliphatic heterocycles. The third-order valence-corrected chi connectivity index (χ3v) is 4.71. The van der Waals surface area contributed by atoms with E-state index in [4.69, 9.17) is 11.6 Å². The summed E-state index contributed by atoms with van der Waals surface area (Å²) in [6.07, 6.45) is 3.38. The lowest BCUT2D eigenvalue weighted by molar-refractivity contribution is 0.0754. The van der Waals surface area contributed by atoms with Crippen molar-refractivity contribution in [2.45, 2.75) is 13.5 Å². The number of aromatic nitrogens is 2. The molecular formula is C17H16ClN3OS. The zero-order valence-electron chi connectivity index (χ0n) is 12.6. The molecule has 0 unspecified atom stereocenters. The van der Waals surface area contributed by atoms with E-state index >= 15 is 0 Å². The van der Waals surface area contributed by atoms with E-state index in [1.165, 1.54) is 11.3 Å². The number of thiophene rings is 1. The monoisotopic (exact) mass is 345 g/mol. The molecule has 0 bridgehead atoms. The van der Waals surface area contributed by atoms with Gasteiger partial charge in [-0.2, -0.15) is 5.10 Å². The molecule has 0 atom stereocenters. The summed E-state index contributed by atoms with van der Waals surface area (Å²) in [5, 5.41) is 4.29. The van der Waals surface area contributed by atoms with Crippen LogP contribution in [0.4, 0.5) is 0 Å². The Morgan fingerprint density at radius 2 is 2.04 bits per heavy atom. The van der Waals surface area contributed by atoms with Crippen LogP contribution in [-0.2, 0) is 6.54 Å². The third-order valence-electron chi connectivity index (χ3n) is 3.49. The molecule has 3 aromatic rings. The second kappa shape index (κ2) is 6.98. The summed E-state index contributed by atoms with van der Waals surface area (Å²) in [5.41, 5.74) is 1.51. The van der Waals surface area contributed by atoms with Gasteiger partial charge in [0.15, 0.2) is 0 Å². The van der Waals surface area contributed by atoms with Gasteiger partial charge in [0, 0.05) is 17.6 Å². The van der Waals surface area contributed by atoms with E-state index in [1.54, 1.807) is 22.0 Å². The first kappa shape index (κ1) is 15.8. The minimum Gasteiger partial charge on any atom is -0.334 e. The molecule has 4 nitrogen and oxygen atoms in total. The number of rotatable bonds is 5. The molecule has 0 saturated carbocycles. The molecule has 0 spiro atoms. The fourth-order valence-electron chi connectivity index (χ4n) is 2.29. The minimum absolute atomic E-state index is 0.0285. The van der Waals surface area contributed by atoms with Crippen molar-refractivity contribution in [3.05, 3.63) is 69.6 Å². The first-order valence-electron chi connectivity index (χ1n) is 7.31. The Morgan fingerprint density at radius 3 is 2.70 bits per heavy atom. The zero-order chi connectivity index (χ0) is 16.2. The lowest BCUT2D eigenvalue weighted by Gasteiger charge is -2.19. The van der Waals surface area contributed by atoms with Crippen molar-refractivity contribution in [2.75, 3.05) is 6.54 Å². The van der Waals surface area contributed by atoms with Gasteiger partial charge in [-0.05, 0) is 31.2 Å². The Balaban J connectivity index is 1.77. The second-order valence-electron chi connectivity index (χ2n) is 5.03. The van der Waals surface area contributed by atoms with Gasteiger partial charge in [0.1, 0.15) is 0 Å². The van der Waals surface area contributed by atoms with Crippen LogP contribution < -0.4 is 0 Å². The average Bonchev–Trinajstić information content (AvgIpc) is 3.22. The molecule has 0 aliphatic rings. The predicted octanol–water partition coefficient (Wildman–Crippen LogP) is 4.25. The summed E-state index contributed by atoms with van der Waals surface area (Å²) in [7, 11) is 0. The molecule has 2 aromatic heterocycles. The van der Waals surface area contributed by atoms with Gasteiger partial charge >= 0.3 is 0 Å². The predicted molar refractivity (Wildman–Crippen MR) is 93.3 cm³/mol. The molecule has 1 amide bonds. The van der Waals surface area contributed by atoms with E-state index in [9.17, 15) is 4.79 Å². The topological polar surface area (TPSA) is 38.1 Å². The summed E-state index contributed by atoms with van der Waals surface area (Å²) >= 11 is 7.45. The molecule has 6 heteroatoms. The van der Waals surface area contributed by atoms with Crippen LogP contribution in [0.1, 0.15) is 22.2 Å². The SMILES string of the molecule is CCN(Cc1ccc(Cl)s1)C(=O)c1cnn(-c2ccccc2)c1. The summed E-state index contributed by atoms with van der Waals surface area (Å²) in [5.74, 6) is -0.0285. The fourth-order valence-corrected chi connectivity index (χ4v) is 3.39. The van der Waals surface area contributed by atoms with Crippen LogP contribution in [-0.4, -0.2) is 27.1 Å². The van der Waals surface area contributed by atoms with Crippen LogP contribution >= 0.6 is 22.9 Å². The molecule has 0 N–H and O–H groups in total. The van der Waals surface area contributed by atoms with Crippen molar-refractivity contribution >= 4 is 28.8 Å². The number of carbonyl (C=O) groups is 1. The van der Waals surface area contributed by atoms with E-state index in [0.717, 1.165) is 14.9 Å². The lowest BCUT2D eigenvalue weighted by Crippen LogP contribution is -2.29. The lowest BCUT2D eigenvalue weighted by atomic mass is 10.3.